The van der Waals surface area contributed by atoms with Gasteiger partial charge in [0.1, 0.15) is 0 Å². The van der Waals surface area contributed by atoms with Crippen molar-refractivity contribution in [3.8, 4) is 0 Å². The molecule has 1 aromatic rings. The van der Waals surface area contributed by atoms with Gasteiger partial charge in [-0.3, -0.25) is 0 Å². The minimum absolute atomic E-state index is 0.502. The van der Waals surface area contributed by atoms with Gasteiger partial charge in [-0.1, -0.05) is 29.5 Å². The third-order valence-electron chi connectivity index (χ3n) is 5.71. The first-order valence-corrected chi connectivity index (χ1v) is 7.70. The van der Waals surface area contributed by atoms with E-state index in [-0.39, 0.29) is 0 Å². The van der Waals surface area contributed by atoms with Gasteiger partial charge in [-0.2, -0.15) is 0 Å². The molecule has 1 nitrogen and oxygen atoms in total. The van der Waals surface area contributed by atoms with Crippen LogP contribution in [0.15, 0.2) is 24.3 Å². The Morgan fingerprint density at radius 1 is 1.00 bits per heavy atom. The molecule has 3 radical (unpaired) electrons. The molecule has 2 heteroatoms. The van der Waals surface area contributed by atoms with Gasteiger partial charge in [-0.05, 0) is 61.3 Å². The summed E-state index contributed by atoms with van der Waals surface area (Å²) < 4.78 is 0. The van der Waals surface area contributed by atoms with Gasteiger partial charge in [0.2, 0.25) is 0 Å². The van der Waals surface area contributed by atoms with Crippen molar-refractivity contribution in [2.75, 3.05) is 0 Å². The number of aliphatic hydroxyl groups is 1. The van der Waals surface area contributed by atoms with Crippen molar-refractivity contribution >= 4 is 15.4 Å². The Balaban J connectivity index is 1.78. The highest BCUT2D eigenvalue weighted by Crippen LogP contribution is 2.61. The summed E-state index contributed by atoms with van der Waals surface area (Å²) in [6.07, 6.45) is 6.41. The molecule has 1 aromatic carbocycles. The molecular weight excluding hydrogens is 236 g/mol. The van der Waals surface area contributed by atoms with Crippen molar-refractivity contribution in [2.24, 2.45) is 23.7 Å². The lowest BCUT2D eigenvalue weighted by molar-refractivity contribution is -0.179. The molecule has 93 valence electrons. The van der Waals surface area contributed by atoms with Gasteiger partial charge in [-0.25, -0.2) is 0 Å². The maximum absolute atomic E-state index is 11.4. The summed E-state index contributed by atoms with van der Waals surface area (Å²) in [6.45, 7) is 0. The Hall–Kier alpha value is -0.603. The number of hydrogen-bond donors (Lipinski definition) is 1. The van der Waals surface area contributed by atoms with Crippen molar-refractivity contribution in [1.82, 2.24) is 0 Å². The molecule has 0 atom stereocenters. The summed E-state index contributed by atoms with van der Waals surface area (Å²) in [5.41, 5.74) is 0.597. The second kappa shape index (κ2) is 3.70. The Labute approximate surface area is 112 Å². The third kappa shape index (κ3) is 1.42. The fraction of sp³-hybridized carbons (Fsp3) is 0.625. The largest absolute Gasteiger partial charge is 0.385 e. The zero-order valence-electron chi connectivity index (χ0n) is 10.6. The molecule has 5 rings (SSSR count). The Morgan fingerprint density at radius 2 is 1.61 bits per heavy atom. The molecule has 4 saturated carbocycles. The summed E-state index contributed by atoms with van der Waals surface area (Å²) in [5.74, 6) is 2.81. The monoisotopic (exact) mass is 255 g/mol. The van der Waals surface area contributed by atoms with E-state index in [1.807, 2.05) is 6.07 Å². The Bertz CT molecular complexity index is 454. The molecule has 4 bridgehead atoms. The van der Waals surface area contributed by atoms with Gasteiger partial charge in [0.05, 0.1) is 15.8 Å². The van der Waals surface area contributed by atoms with E-state index in [4.69, 9.17) is 0 Å². The highest BCUT2D eigenvalue weighted by molar-refractivity contribution is 6.32. The van der Waals surface area contributed by atoms with Crippen LogP contribution >= 0.6 is 0 Å². The first kappa shape index (κ1) is 11.2. The summed E-state index contributed by atoms with van der Waals surface area (Å²) >= 11 is 0. The number of hydrogen-bond acceptors (Lipinski definition) is 1. The molecule has 0 amide bonds. The molecule has 0 heterocycles. The summed E-state index contributed by atoms with van der Waals surface area (Å²) in [5, 5.41) is 12.4. The Morgan fingerprint density at radius 3 is 2.17 bits per heavy atom. The zero-order chi connectivity index (χ0) is 12.3. The lowest BCUT2D eigenvalue weighted by Crippen LogP contribution is -2.55. The van der Waals surface area contributed by atoms with Crippen molar-refractivity contribution in [3.05, 3.63) is 29.8 Å². The molecule has 4 fully saturated rings. The summed E-state index contributed by atoms with van der Waals surface area (Å²) in [7, 11) is 3.59. The molecule has 0 unspecified atom stereocenters. The van der Waals surface area contributed by atoms with Crippen LogP contribution in [0.5, 0.6) is 0 Å². The van der Waals surface area contributed by atoms with Gasteiger partial charge in [0, 0.05) is 0 Å². The van der Waals surface area contributed by atoms with Crippen LogP contribution in [0, 0.1) is 23.7 Å². The lowest BCUT2D eigenvalue weighted by atomic mass is 9.48. The van der Waals surface area contributed by atoms with Crippen LogP contribution in [0.4, 0.5) is 0 Å². The van der Waals surface area contributed by atoms with Crippen LogP contribution in [0.3, 0.4) is 0 Å². The molecule has 0 spiro atoms. The van der Waals surface area contributed by atoms with E-state index in [9.17, 15) is 5.11 Å². The maximum Gasteiger partial charge on any atom is 0.0952 e. The fourth-order valence-electron chi connectivity index (χ4n) is 5.14. The molecule has 0 aliphatic heterocycles. The highest BCUT2D eigenvalue weighted by atomic mass is 28.1. The molecule has 0 saturated heterocycles. The predicted octanol–water partition coefficient (Wildman–Crippen LogP) is 2.12. The second-order valence-electron chi connectivity index (χ2n) is 6.71. The molecular formula is C16H19OSi. The van der Waals surface area contributed by atoms with Crippen LogP contribution in [-0.4, -0.2) is 15.3 Å². The van der Waals surface area contributed by atoms with E-state index in [2.05, 4.69) is 28.4 Å². The van der Waals surface area contributed by atoms with E-state index >= 15 is 0 Å². The SMILES string of the molecule is OC1(c2cccc([Si])c2)C2CC3CC(C2)CC1C3. The first-order valence-electron chi connectivity index (χ1n) is 7.20. The maximum atomic E-state index is 11.4. The number of benzene rings is 1. The van der Waals surface area contributed by atoms with Crippen LogP contribution in [-0.2, 0) is 5.60 Å². The van der Waals surface area contributed by atoms with Crippen molar-refractivity contribution in [1.29, 1.82) is 0 Å². The van der Waals surface area contributed by atoms with Crippen LogP contribution in [0.2, 0.25) is 0 Å². The number of rotatable bonds is 1. The van der Waals surface area contributed by atoms with E-state index in [0.717, 1.165) is 22.6 Å². The summed E-state index contributed by atoms with van der Waals surface area (Å²) in [6, 6.07) is 8.34. The van der Waals surface area contributed by atoms with Crippen LogP contribution < -0.4 is 5.19 Å². The van der Waals surface area contributed by atoms with E-state index < -0.39 is 5.60 Å². The van der Waals surface area contributed by atoms with Gasteiger partial charge in [0.15, 0.2) is 0 Å². The van der Waals surface area contributed by atoms with E-state index in [1.165, 1.54) is 32.1 Å². The van der Waals surface area contributed by atoms with Crippen LogP contribution in [0.25, 0.3) is 0 Å². The zero-order valence-corrected chi connectivity index (χ0v) is 11.6. The smallest absolute Gasteiger partial charge is 0.0952 e. The third-order valence-corrected chi connectivity index (χ3v) is 6.02. The molecule has 4 aliphatic carbocycles. The quantitative estimate of drug-likeness (QED) is 0.762. The van der Waals surface area contributed by atoms with Gasteiger partial charge >= 0.3 is 0 Å². The predicted molar refractivity (Wildman–Crippen MR) is 72.8 cm³/mol. The van der Waals surface area contributed by atoms with Crippen LogP contribution in [0.1, 0.15) is 37.7 Å². The fourth-order valence-corrected chi connectivity index (χ4v) is 5.39. The lowest BCUT2D eigenvalue weighted by Gasteiger charge is -2.59. The first-order chi connectivity index (χ1) is 8.66. The molecule has 0 aromatic heterocycles. The second-order valence-corrected chi connectivity index (χ2v) is 7.29. The molecule has 18 heavy (non-hydrogen) atoms. The van der Waals surface area contributed by atoms with Gasteiger partial charge < -0.3 is 5.11 Å². The molecule has 4 aliphatic rings. The summed E-state index contributed by atoms with van der Waals surface area (Å²) in [4.78, 5) is 0. The normalized spacial score (nSPS) is 45.4. The average Bonchev–Trinajstić information content (AvgIpc) is 2.35. The van der Waals surface area contributed by atoms with Crippen molar-refractivity contribution < 1.29 is 5.11 Å². The Kier molecular flexibility index (Phi) is 2.31. The topological polar surface area (TPSA) is 20.2 Å². The minimum atomic E-state index is -0.546. The van der Waals surface area contributed by atoms with Gasteiger partial charge in [-0.15, -0.1) is 0 Å². The van der Waals surface area contributed by atoms with E-state index in [1.54, 1.807) is 0 Å². The van der Waals surface area contributed by atoms with Crippen molar-refractivity contribution in [2.45, 2.75) is 37.7 Å². The minimum Gasteiger partial charge on any atom is -0.385 e. The standard InChI is InChI=1S/C16H19OSi/c17-16(12-2-1-3-15(18)9-12)13-5-10-4-11(7-13)8-14(16)6-10/h1-3,9-11,13-14,17H,4-8H2. The van der Waals surface area contributed by atoms with E-state index in [0.29, 0.717) is 11.8 Å². The van der Waals surface area contributed by atoms with Gasteiger partial charge in [0.25, 0.3) is 0 Å². The molecule has 1 N–H and O–H groups in total. The highest BCUT2D eigenvalue weighted by Gasteiger charge is 2.57. The van der Waals surface area contributed by atoms with Crippen molar-refractivity contribution in [3.63, 3.8) is 0 Å². The average molecular weight is 255 g/mol.